The topological polar surface area (TPSA) is 38.3 Å². The van der Waals surface area contributed by atoms with Crippen molar-refractivity contribution in [1.82, 2.24) is 5.32 Å². The van der Waals surface area contributed by atoms with Gasteiger partial charge < -0.3 is 10.1 Å². The van der Waals surface area contributed by atoms with E-state index in [0.717, 1.165) is 25.8 Å². The quantitative estimate of drug-likeness (QED) is 0.837. The molecular formula is C14H18FNO2. The van der Waals surface area contributed by atoms with Gasteiger partial charge in [-0.3, -0.25) is 4.79 Å². The molecule has 0 spiro atoms. The van der Waals surface area contributed by atoms with Crippen molar-refractivity contribution in [3.05, 3.63) is 35.6 Å². The highest BCUT2D eigenvalue weighted by atomic mass is 19.1. The van der Waals surface area contributed by atoms with Gasteiger partial charge in [0.25, 0.3) is 0 Å². The van der Waals surface area contributed by atoms with E-state index < -0.39 is 5.92 Å². The number of hydrogen-bond acceptors (Lipinski definition) is 3. The van der Waals surface area contributed by atoms with E-state index in [1.807, 2.05) is 0 Å². The molecule has 1 aromatic carbocycles. The van der Waals surface area contributed by atoms with Crippen LogP contribution in [0.3, 0.4) is 0 Å². The number of nitrogens with one attached hydrogen (secondary N) is 1. The summed E-state index contributed by atoms with van der Waals surface area (Å²) in [5.74, 6) is -1.05. The van der Waals surface area contributed by atoms with E-state index in [2.05, 4.69) is 5.32 Å². The molecular weight excluding hydrogens is 233 g/mol. The van der Waals surface area contributed by atoms with E-state index in [9.17, 15) is 9.18 Å². The first-order chi connectivity index (χ1) is 8.72. The van der Waals surface area contributed by atoms with Crippen molar-refractivity contribution in [3.8, 4) is 0 Å². The van der Waals surface area contributed by atoms with Gasteiger partial charge in [0.2, 0.25) is 0 Å². The highest BCUT2D eigenvalue weighted by Crippen LogP contribution is 2.27. The van der Waals surface area contributed by atoms with Crippen LogP contribution in [0.2, 0.25) is 0 Å². The minimum Gasteiger partial charge on any atom is -0.469 e. The smallest absolute Gasteiger partial charge is 0.314 e. The first kappa shape index (κ1) is 13.0. The minimum absolute atomic E-state index is 0.0352. The fraction of sp³-hybridized carbons (Fsp3) is 0.500. The van der Waals surface area contributed by atoms with Crippen LogP contribution in [0.25, 0.3) is 0 Å². The molecule has 0 saturated carbocycles. The van der Waals surface area contributed by atoms with Gasteiger partial charge in [-0.1, -0.05) is 18.6 Å². The summed E-state index contributed by atoms with van der Waals surface area (Å²) in [6.07, 6.45) is 3.12. The Bertz CT molecular complexity index is 416. The van der Waals surface area contributed by atoms with Crippen LogP contribution in [0.15, 0.2) is 24.3 Å². The molecule has 4 heteroatoms. The Morgan fingerprint density at radius 2 is 2.33 bits per heavy atom. The van der Waals surface area contributed by atoms with E-state index in [0.29, 0.717) is 5.56 Å². The molecule has 3 nitrogen and oxygen atoms in total. The van der Waals surface area contributed by atoms with E-state index in [-0.39, 0.29) is 17.8 Å². The summed E-state index contributed by atoms with van der Waals surface area (Å²) in [5, 5.41) is 3.33. The number of benzene rings is 1. The number of hydrogen-bond donors (Lipinski definition) is 1. The van der Waals surface area contributed by atoms with Gasteiger partial charge >= 0.3 is 5.97 Å². The number of piperidine rings is 1. The van der Waals surface area contributed by atoms with Gasteiger partial charge in [0.05, 0.1) is 13.0 Å². The third-order valence-corrected chi connectivity index (χ3v) is 3.41. The predicted octanol–water partition coefficient (Wildman–Crippen LogP) is 2.22. The summed E-state index contributed by atoms with van der Waals surface area (Å²) in [6, 6.07) is 6.24. The average Bonchev–Trinajstić information content (AvgIpc) is 2.40. The third kappa shape index (κ3) is 2.88. The van der Waals surface area contributed by atoms with Crippen molar-refractivity contribution < 1.29 is 13.9 Å². The highest BCUT2D eigenvalue weighted by molar-refractivity contribution is 5.79. The standard InChI is InChI=1S/C14H18FNO2/c1-18-14(17)13(12-7-2-3-8-16-12)10-5-4-6-11(15)9-10/h4-6,9,12-13,16H,2-3,7-8H2,1H3/t12-,13+/m1/s1. The Morgan fingerprint density at radius 3 is 2.94 bits per heavy atom. The maximum absolute atomic E-state index is 13.3. The molecule has 1 heterocycles. The molecule has 0 aliphatic carbocycles. The molecule has 0 aromatic heterocycles. The maximum Gasteiger partial charge on any atom is 0.314 e. The van der Waals surface area contributed by atoms with Crippen LogP contribution in [-0.2, 0) is 9.53 Å². The Labute approximate surface area is 106 Å². The second-order valence-corrected chi connectivity index (χ2v) is 4.61. The molecule has 1 aliphatic rings. The largest absolute Gasteiger partial charge is 0.469 e. The van der Waals surface area contributed by atoms with Crippen LogP contribution in [0.1, 0.15) is 30.7 Å². The van der Waals surface area contributed by atoms with Crippen LogP contribution in [0, 0.1) is 5.82 Å². The van der Waals surface area contributed by atoms with Gasteiger partial charge in [-0.25, -0.2) is 4.39 Å². The van der Waals surface area contributed by atoms with Gasteiger partial charge in [-0.2, -0.15) is 0 Å². The molecule has 2 atom stereocenters. The van der Waals surface area contributed by atoms with E-state index in [4.69, 9.17) is 4.74 Å². The summed E-state index contributed by atoms with van der Waals surface area (Å²) in [4.78, 5) is 11.9. The lowest BCUT2D eigenvalue weighted by Crippen LogP contribution is -2.42. The molecule has 0 bridgehead atoms. The van der Waals surface area contributed by atoms with Crippen LogP contribution < -0.4 is 5.32 Å². The summed E-state index contributed by atoms with van der Waals surface area (Å²) in [7, 11) is 1.37. The van der Waals surface area contributed by atoms with Crippen molar-refractivity contribution in [2.75, 3.05) is 13.7 Å². The highest BCUT2D eigenvalue weighted by Gasteiger charge is 2.31. The van der Waals surface area contributed by atoms with Crippen LogP contribution >= 0.6 is 0 Å². The van der Waals surface area contributed by atoms with Crippen LogP contribution in [0.4, 0.5) is 4.39 Å². The number of halogens is 1. The molecule has 1 fully saturated rings. The molecule has 2 rings (SSSR count). The first-order valence-corrected chi connectivity index (χ1v) is 6.29. The lowest BCUT2D eigenvalue weighted by molar-refractivity contribution is -0.143. The Kier molecular flexibility index (Phi) is 4.31. The summed E-state index contributed by atoms with van der Waals surface area (Å²) in [5.41, 5.74) is 0.682. The van der Waals surface area contributed by atoms with Gasteiger partial charge in [0.15, 0.2) is 0 Å². The summed E-state index contributed by atoms with van der Waals surface area (Å²) in [6.45, 7) is 0.896. The summed E-state index contributed by atoms with van der Waals surface area (Å²) < 4.78 is 18.1. The van der Waals surface area contributed by atoms with Crippen molar-refractivity contribution >= 4 is 5.97 Å². The molecule has 1 aromatic rings. The molecule has 1 aliphatic heterocycles. The Balaban J connectivity index is 2.26. The molecule has 98 valence electrons. The normalized spacial score (nSPS) is 21.3. The number of rotatable bonds is 3. The fourth-order valence-corrected chi connectivity index (χ4v) is 2.52. The molecule has 18 heavy (non-hydrogen) atoms. The summed E-state index contributed by atoms with van der Waals surface area (Å²) >= 11 is 0. The van der Waals surface area contributed by atoms with Crippen molar-refractivity contribution in [2.24, 2.45) is 0 Å². The molecule has 0 radical (unpaired) electrons. The lowest BCUT2D eigenvalue weighted by Gasteiger charge is -2.30. The third-order valence-electron chi connectivity index (χ3n) is 3.41. The monoisotopic (exact) mass is 251 g/mol. The number of methoxy groups -OCH3 is 1. The van der Waals surface area contributed by atoms with Crippen molar-refractivity contribution in [2.45, 2.75) is 31.2 Å². The number of ether oxygens (including phenoxy) is 1. The zero-order valence-electron chi connectivity index (χ0n) is 10.5. The minimum atomic E-state index is -0.425. The zero-order chi connectivity index (χ0) is 13.0. The van der Waals surface area contributed by atoms with Crippen molar-refractivity contribution in [3.63, 3.8) is 0 Å². The van der Waals surface area contributed by atoms with Gasteiger partial charge in [-0.05, 0) is 37.1 Å². The van der Waals surface area contributed by atoms with Gasteiger partial charge in [0, 0.05) is 6.04 Å². The zero-order valence-corrected chi connectivity index (χ0v) is 10.5. The fourth-order valence-electron chi connectivity index (χ4n) is 2.52. The van der Waals surface area contributed by atoms with E-state index in [1.165, 1.54) is 19.2 Å². The van der Waals surface area contributed by atoms with Gasteiger partial charge in [-0.15, -0.1) is 0 Å². The second kappa shape index (κ2) is 5.96. The number of carbonyl (C=O) groups excluding carboxylic acids is 1. The van der Waals surface area contributed by atoms with Crippen LogP contribution in [-0.4, -0.2) is 25.7 Å². The molecule has 0 amide bonds. The molecule has 1 N–H and O–H groups in total. The number of carbonyl (C=O) groups is 1. The Hall–Kier alpha value is -1.42. The second-order valence-electron chi connectivity index (χ2n) is 4.61. The first-order valence-electron chi connectivity index (χ1n) is 6.29. The number of esters is 1. The van der Waals surface area contributed by atoms with Gasteiger partial charge in [0.1, 0.15) is 5.82 Å². The van der Waals surface area contributed by atoms with Crippen molar-refractivity contribution in [1.29, 1.82) is 0 Å². The Morgan fingerprint density at radius 1 is 1.50 bits per heavy atom. The van der Waals surface area contributed by atoms with E-state index >= 15 is 0 Å². The molecule has 1 saturated heterocycles. The average molecular weight is 251 g/mol. The maximum atomic E-state index is 13.3. The predicted molar refractivity (Wildman–Crippen MR) is 66.8 cm³/mol. The lowest BCUT2D eigenvalue weighted by atomic mass is 9.86. The van der Waals surface area contributed by atoms with Crippen LogP contribution in [0.5, 0.6) is 0 Å². The SMILES string of the molecule is COC(=O)[C@@H](c1cccc(F)c1)[C@H]1CCCCN1. The van der Waals surface area contributed by atoms with E-state index in [1.54, 1.807) is 12.1 Å². The molecule has 0 unspecified atom stereocenters.